The van der Waals surface area contributed by atoms with E-state index in [0.29, 0.717) is 10.3 Å². The van der Waals surface area contributed by atoms with Gasteiger partial charge in [-0.3, -0.25) is 4.90 Å². The maximum absolute atomic E-state index is 6.06. The molecular weight excluding hydrogens is 365 g/mol. The first kappa shape index (κ1) is 19.3. The van der Waals surface area contributed by atoms with Crippen LogP contribution in [-0.4, -0.2) is 34.1 Å². The molecule has 24 heavy (non-hydrogen) atoms. The molecule has 0 spiro atoms. The molecule has 2 heterocycles. The second-order valence-electron chi connectivity index (χ2n) is 5.87. The van der Waals surface area contributed by atoms with E-state index in [1.807, 2.05) is 4.57 Å². The Morgan fingerprint density at radius 2 is 1.79 bits per heavy atom. The summed E-state index contributed by atoms with van der Waals surface area (Å²) in [6, 6.07) is 10.7. The third-order valence-electron chi connectivity index (χ3n) is 4.29. The lowest BCUT2D eigenvalue weighted by Crippen LogP contribution is -2.29. The Kier molecular flexibility index (Phi) is 7.63. The normalized spacial score (nSPS) is 15.0. The molecule has 3 rings (SSSR count). The number of hydrogen-bond acceptors (Lipinski definition) is 2. The molecule has 1 aromatic carbocycles. The molecule has 0 bridgehead atoms. The van der Waals surface area contributed by atoms with Gasteiger partial charge in [-0.1, -0.05) is 59.6 Å². The summed E-state index contributed by atoms with van der Waals surface area (Å²) in [4.78, 5) is 6.51. The molecule has 1 aliphatic heterocycles. The van der Waals surface area contributed by atoms with Crippen LogP contribution in [-0.2, 0) is 6.54 Å². The quantitative estimate of drug-likeness (QED) is 0.638. The highest BCUT2D eigenvalue weighted by molar-refractivity contribution is 6.40. The summed E-state index contributed by atoms with van der Waals surface area (Å²) >= 11 is 11.9. The molecule has 0 N–H and O–H groups in total. The lowest BCUT2D eigenvalue weighted by Gasteiger charge is -2.26. The fourth-order valence-corrected chi connectivity index (χ4v) is 3.27. The molecule has 0 atom stereocenters. The largest absolute Gasteiger partial charge is 0.320 e. The minimum Gasteiger partial charge on any atom is -0.320 e. The number of nitrogens with zero attached hydrogens (tertiary/aromatic N) is 3. The molecule has 3 nitrogen and oxygen atoms in total. The van der Waals surface area contributed by atoms with E-state index in [9.17, 15) is 0 Å². The second kappa shape index (κ2) is 9.47. The molecule has 0 saturated heterocycles. The Bertz CT molecular complexity index is 667. The van der Waals surface area contributed by atoms with Crippen LogP contribution in [0.3, 0.4) is 0 Å². The summed E-state index contributed by atoms with van der Waals surface area (Å²) < 4.78 is 1.91. The van der Waals surface area contributed by atoms with Crippen LogP contribution in [0.2, 0.25) is 10.3 Å². The minimum absolute atomic E-state index is 0. The van der Waals surface area contributed by atoms with E-state index in [2.05, 4.69) is 46.3 Å². The van der Waals surface area contributed by atoms with Crippen molar-refractivity contribution in [2.75, 3.05) is 19.6 Å². The fraction of sp³-hybridized carbons (Fsp3) is 0.389. The number of unbranched alkanes of at least 4 members (excludes halogenated alkanes) is 1. The van der Waals surface area contributed by atoms with Gasteiger partial charge in [0.05, 0.1) is 6.33 Å². The number of benzene rings is 1. The van der Waals surface area contributed by atoms with Crippen LogP contribution in [0.5, 0.6) is 0 Å². The fourth-order valence-electron chi connectivity index (χ4n) is 2.95. The first-order valence-corrected chi connectivity index (χ1v) is 8.82. The van der Waals surface area contributed by atoms with Crippen molar-refractivity contribution in [2.45, 2.75) is 25.8 Å². The van der Waals surface area contributed by atoms with Crippen LogP contribution >= 0.6 is 35.6 Å². The first-order chi connectivity index (χ1) is 11.2. The predicted molar refractivity (Wildman–Crippen MR) is 104 cm³/mol. The van der Waals surface area contributed by atoms with Crippen molar-refractivity contribution in [1.29, 1.82) is 0 Å². The smallest absolute Gasteiger partial charge is 0.166 e. The van der Waals surface area contributed by atoms with Crippen molar-refractivity contribution in [3.05, 3.63) is 58.6 Å². The summed E-state index contributed by atoms with van der Waals surface area (Å²) in [5.74, 6) is 0. The Hall–Kier alpha value is -1.00. The van der Waals surface area contributed by atoms with Gasteiger partial charge < -0.3 is 4.57 Å². The maximum Gasteiger partial charge on any atom is 0.166 e. The van der Waals surface area contributed by atoms with Gasteiger partial charge in [0.1, 0.15) is 5.15 Å². The van der Waals surface area contributed by atoms with Crippen molar-refractivity contribution in [1.82, 2.24) is 14.5 Å². The lowest BCUT2D eigenvalue weighted by molar-refractivity contribution is 0.292. The molecule has 0 aliphatic carbocycles. The molecule has 0 saturated carbocycles. The van der Waals surface area contributed by atoms with E-state index < -0.39 is 0 Å². The zero-order chi connectivity index (χ0) is 16.1. The maximum atomic E-state index is 6.06. The van der Waals surface area contributed by atoms with Gasteiger partial charge in [0.2, 0.25) is 0 Å². The Morgan fingerprint density at radius 3 is 2.42 bits per heavy atom. The number of aromatic nitrogens is 2. The second-order valence-corrected chi connectivity index (χ2v) is 6.59. The van der Waals surface area contributed by atoms with Gasteiger partial charge in [-0.15, -0.1) is 12.4 Å². The molecule has 0 fully saturated rings. The zero-order valence-corrected chi connectivity index (χ0v) is 15.8. The van der Waals surface area contributed by atoms with E-state index >= 15 is 0 Å². The molecule has 0 amide bonds. The average molecular weight is 387 g/mol. The van der Waals surface area contributed by atoms with E-state index in [0.717, 1.165) is 45.4 Å². The SMILES string of the molecule is Cl.Clc1ncn(CCCCN2CC=C(c3ccccc3)CC2)c1Cl. The predicted octanol–water partition coefficient (Wildman–Crippen LogP) is 5.18. The highest BCUT2D eigenvalue weighted by Crippen LogP contribution is 2.22. The van der Waals surface area contributed by atoms with Crippen molar-refractivity contribution in [3.63, 3.8) is 0 Å². The molecule has 1 aliphatic rings. The lowest BCUT2D eigenvalue weighted by atomic mass is 9.99. The van der Waals surface area contributed by atoms with Crippen LogP contribution < -0.4 is 0 Å². The Labute approximate surface area is 159 Å². The minimum atomic E-state index is 0. The molecule has 130 valence electrons. The van der Waals surface area contributed by atoms with Crippen LogP contribution in [0.25, 0.3) is 5.57 Å². The molecule has 0 radical (unpaired) electrons. The van der Waals surface area contributed by atoms with Gasteiger partial charge in [0.15, 0.2) is 5.15 Å². The molecule has 1 aromatic heterocycles. The highest BCUT2D eigenvalue weighted by atomic mass is 35.5. The van der Waals surface area contributed by atoms with Crippen molar-refractivity contribution < 1.29 is 0 Å². The monoisotopic (exact) mass is 385 g/mol. The number of halogens is 3. The first-order valence-electron chi connectivity index (χ1n) is 8.07. The van der Waals surface area contributed by atoms with Gasteiger partial charge in [0, 0.05) is 19.6 Å². The summed E-state index contributed by atoms with van der Waals surface area (Å²) in [7, 11) is 0. The highest BCUT2D eigenvalue weighted by Gasteiger charge is 2.12. The van der Waals surface area contributed by atoms with Gasteiger partial charge in [0.25, 0.3) is 0 Å². The summed E-state index contributed by atoms with van der Waals surface area (Å²) in [5, 5.41) is 0.932. The Morgan fingerprint density at radius 1 is 1.04 bits per heavy atom. The van der Waals surface area contributed by atoms with Gasteiger partial charge in [-0.25, -0.2) is 4.98 Å². The van der Waals surface area contributed by atoms with Crippen molar-refractivity contribution in [2.24, 2.45) is 0 Å². The average Bonchev–Trinajstić information content (AvgIpc) is 2.92. The van der Waals surface area contributed by atoms with E-state index in [4.69, 9.17) is 23.2 Å². The summed E-state index contributed by atoms with van der Waals surface area (Å²) in [6.45, 7) is 4.18. The van der Waals surface area contributed by atoms with Gasteiger partial charge in [-0.05, 0) is 36.9 Å². The zero-order valence-electron chi connectivity index (χ0n) is 13.5. The van der Waals surface area contributed by atoms with Gasteiger partial charge >= 0.3 is 0 Å². The third kappa shape index (κ3) is 5.00. The van der Waals surface area contributed by atoms with E-state index in [-0.39, 0.29) is 12.4 Å². The summed E-state index contributed by atoms with van der Waals surface area (Å²) in [5.41, 5.74) is 2.83. The van der Waals surface area contributed by atoms with Crippen LogP contribution in [0.4, 0.5) is 0 Å². The molecular formula is C18H22Cl3N3. The number of imidazole rings is 1. The molecule has 2 aromatic rings. The van der Waals surface area contributed by atoms with E-state index in [1.54, 1.807) is 6.33 Å². The topological polar surface area (TPSA) is 21.1 Å². The van der Waals surface area contributed by atoms with Crippen LogP contribution in [0.1, 0.15) is 24.8 Å². The van der Waals surface area contributed by atoms with Crippen LogP contribution in [0.15, 0.2) is 42.7 Å². The molecule has 0 unspecified atom stereocenters. The summed E-state index contributed by atoms with van der Waals surface area (Å²) in [6.07, 6.45) is 7.44. The van der Waals surface area contributed by atoms with Gasteiger partial charge in [-0.2, -0.15) is 0 Å². The molecule has 6 heteroatoms. The van der Waals surface area contributed by atoms with Crippen molar-refractivity contribution >= 4 is 41.2 Å². The third-order valence-corrected chi connectivity index (χ3v) is 5.06. The number of rotatable bonds is 6. The number of hydrogen-bond donors (Lipinski definition) is 0. The number of aryl methyl sites for hydroxylation is 1. The Balaban J connectivity index is 0.00000208. The van der Waals surface area contributed by atoms with E-state index in [1.165, 1.54) is 11.1 Å². The van der Waals surface area contributed by atoms with Crippen molar-refractivity contribution in [3.8, 4) is 0 Å². The standard InChI is InChI=1S/C18H21Cl2N3.ClH/c19-17-18(20)23(14-21-17)11-5-4-10-22-12-8-16(9-13-22)15-6-2-1-3-7-15;/h1-3,6-8,14H,4-5,9-13H2;1H. The van der Waals surface area contributed by atoms with Crippen LogP contribution in [0, 0.1) is 0 Å².